The van der Waals surface area contributed by atoms with Crippen molar-refractivity contribution in [2.45, 2.75) is 57.5 Å². The molecule has 3 aliphatic heterocycles. The van der Waals surface area contributed by atoms with Crippen molar-refractivity contribution in [1.82, 2.24) is 4.90 Å². The van der Waals surface area contributed by atoms with Gasteiger partial charge >= 0.3 is 5.97 Å². The van der Waals surface area contributed by atoms with E-state index in [-0.39, 0.29) is 44.4 Å². The summed E-state index contributed by atoms with van der Waals surface area (Å²) >= 11 is 0.171. The lowest BCUT2D eigenvalue weighted by atomic mass is 9.71. The maximum atomic E-state index is 14.1. The molecular weight excluding hydrogens is 543 g/mol. The maximum Gasteiger partial charge on any atom is 0.337 e. The van der Waals surface area contributed by atoms with Crippen LogP contribution < -0.4 is 5.32 Å². The van der Waals surface area contributed by atoms with E-state index in [1.165, 1.54) is 17.1 Å². The third-order valence-corrected chi connectivity index (χ3v) is 10.2. The summed E-state index contributed by atoms with van der Waals surface area (Å²) in [5, 5.41) is 3.71. The molecule has 0 bridgehead atoms. The molecule has 7 heteroatoms. The highest BCUT2D eigenvalue weighted by atomic mass is 127. The van der Waals surface area contributed by atoms with Crippen molar-refractivity contribution in [1.29, 1.82) is 0 Å². The van der Waals surface area contributed by atoms with Gasteiger partial charge in [0.2, 0.25) is 0 Å². The molecule has 0 aliphatic carbocycles. The van der Waals surface area contributed by atoms with Gasteiger partial charge in [-0.1, -0.05) is 29.5 Å². The predicted molar refractivity (Wildman–Crippen MR) is 145 cm³/mol. The molecule has 6 nitrogen and oxygen atoms in total. The molecule has 1 aromatic rings. The lowest BCUT2D eigenvalue weighted by Crippen LogP contribution is -2.57. The number of hydrogen-bond donors (Lipinski definition) is 1. The predicted octanol–water partition coefficient (Wildman–Crippen LogP) is 4.58. The van der Waals surface area contributed by atoms with Crippen molar-refractivity contribution in [3.8, 4) is 0 Å². The largest absolute Gasteiger partial charge is 0.504 e. The molecule has 34 heavy (non-hydrogen) atoms. The van der Waals surface area contributed by atoms with Gasteiger partial charge in [-0.3, -0.25) is 9.69 Å². The number of nitrogens with zero attached hydrogens (tertiary/aromatic N) is 1. The summed E-state index contributed by atoms with van der Waals surface area (Å²) in [5.74, 6) is 0.223. The summed E-state index contributed by atoms with van der Waals surface area (Å²) in [5.41, 5.74) is 3.03. The summed E-state index contributed by atoms with van der Waals surface area (Å²) in [6.07, 6.45) is 6.13. The van der Waals surface area contributed by atoms with Crippen LogP contribution >= 0.6 is 20.7 Å². The number of fused-ring (bicyclic) bond motifs is 3. The van der Waals surface area contributed by atoms with Gasteiger partial charge < -0.3 is 14.8 Å². The van der Waals surface area contributed by atoms with Crippen LogP contribution in [0.2, 0.25) is 0 Å². The number of benzene rings is 1. The van der Waals surface area contributed by atoms with Crippen molar-refractivity contribution >= 4 is 42.2 Å². The summed E-state index contributed by atoms with van der Waals surface area (Å²) in [4.78, 5) is 29.2. The number of ether oxygens (including phenoxy) is 2. The molecule has 0 aromatic heterocycles. The third kappa shape index (κ3) is 4.45. The highest BCUT2D eigenvalue weighted by Crippen LogP contribution is 2.49. The van der Waals surface area contributed by atoms with E-state index in [4.69, 9.17) is 9.47 Å². The minimum atomic E-state index is -0.617. The standard InChI is InChI=1S/C27H37IN2O4/c1-5-18-16-30-14-12-27(23(30)15-20(18)21(17-33-3)26(32)34-4)25(31)24-19(10-8-13-28-6-2)9-7-11-22(24)29-27/h6-7,9,11,17-18,20,23,29H,5,8,10,12-16H2,1-4H3/b21-17+/t18-,20+,23?,27?/m1/s1. The van der Waals surface area contributed by atoms with Gasteiger partial charge in [0, 0.05) is 30.4 Å². The smallest absolute Gasteiger partial charge is 0.337 e. The van der Waals surface area contributed by atoms with Crippen molar-refractivity contribution in [3.05, 3.63) is 41.2 Å². The molecular formula is C27H37IN2O4. The molecule has 1 aromatic carbocycles. The van der Waals surface area contributed by atoms with Gasteiger partial charge in [-0.15, -0.1) is 20.7 Å². The Kier molecular flexibility index (Phi) is 8.12. The van der Waals surface area contributed by atoms with Crippen LogP contribution in [-0.4, -0.2) is 64.0 Å². The Morgan fingerprint density at radius 1 is 1.35 bits per heavy atom. The summed E-state index contributed by atoms with van der Waals surface area (Å²) in [6, 6.07) is 6.31. The average Bonchev–Trinajstić information content (AvgIpc) is 3.36. The second-order valence-corrected chi connectivity index (χ2v) is 12.7. The second-order valence-electron chi connectivity index (χ2n) is 9.50. The Balaban J connectivity index is 1.63. The van der Waals surface area contributed by atoms with Crippen LogP contribution in [0.4, 0.5) is 5.69 Å². The number of carbonyl (C=O) groups is 2. The Labute approximate surface area is 213 Å². The number of hydrogen-bond acceptors (Lipinski definition) is 6. The highest BCUT2D eigenvalue weighted by molar-refractivity contribution is 14.2. The number of anilines is 1. The van der Waals surface area contributed by atoms with E-state index in [0.717, 1.165) is 56.4 Å². The zero-order chi connectivity index (χ0) is 24.3. The van der Waals surface area contributed by atoms with Crippen LogP contribution in [0.3, 0.4) is 0 Å². The molecule has 0 radical (unpaired) electrons. The molecule has 2 unspecified atom stereocenters. The van der Waals surface area contributed by atoms with Crippen molar-refractivity contribution in [3.63, 3.8) is 0 Å². The van der Waals surface area contributed by atoms with Gasteiger partial charge in [0.25, 0.3) is 0 Å². The number of esters is 1. The number of halogens is 1. The Morgan fingerprint density at radius 3 is 2.88 bits per heavy atom. The Hall–Kier alpha value is -1.74. The first kappa shape index (κ1) is 25.4. The molecule has 3 heterocycles. The summed E-state index contributed by atoms with van der Waals surface area (Å²) in [6.45, 7) is 6.09. The zero-order valence-electron chi connectivity index (χ0n) is 20.7. The first-order valence-electron chi connectivity index (χ1n) is 12.4. The molecule has 1 spiro atoms. The van der Waals surface area contributed by atoms with Gasteiger partial charge in [0.1, 0.15) is 5.54 Å². The summed E-state index contributed by atoms with van der Waals surface area (Å²) < 4.78 is 13.9. The molecule has 0 amide bonds. The van der Waals surface area contributed by atoms with Gasteiger partial charge in [-0.25, -0.2) is 4.79 Å². The highest BCUT2D eigenvalue weighted by Gasteiger charge is 2.59. The van der Waals surface area contributed by atoms with Gasteiger partial charge in [-0.2, -0.15) is 0 Å². The van der Waals surface area contributed by atoms with Crippen LogP contribution in [0.5, 0.6) is 0 Å². The van der Waals surface area contributed by atoms with E-state index >= 15 is 0 Å². The molecule has 4 rings (SSSR count). The SMILES string of the molecule is CC=ICCCc1cccc2c1C(=O)C1(CCN3C[C@@H](CC)[C@@H](/C(=C\OC)C(=O)OC)CC31)N2. The Bertz CT molecular complexity index is 991. The molecule has 3 aliphatic rings. The van der Waals surface area contributed by atoms with E-state index in [0.29, 0.717) is 11.5 Å². The van der Waals surface area contributed by atoms with Crippen LogP contribution in [0, 0.1) is 11.8 Å². The number of alkyl halides is 1. The number of carbonyl (C=O) groups excluding carboxylic acids is 2. The molecule has 2 saturated heterocycles. The average molecular weight is 581 g/mol. The van der Waals surface area contributed by atoms with Crippen LogP contribution in [0.15, 0.2) is 30.0 Å². The van der Waals surface area contributed by atoms with Gasteiger partial charge in [-0.05, 0) is 60.5 Å². The van der Waals surface area contributed by atoms with Crippen molar-refractivity contribution < 1.29 is 19.1 Å². The van der Waals surface area contributed by atoms with Crippen molar-refractivity contribution in [2.24, 2.45) is 11.8 Å². The minimum absolute atomic E-state index is 0.000582. The lowest BCUT2D eigenvalue weighted by molar-refractivity contribution is -0.137. The molecule has 2 fully saturated rings. The molecule has 0 saturated carbocycles. The van der Waals surface area contributed by atoms with Crippen LogP contribution in [0.25, 0.3) is 0 Å². The number of ketones is 1. The minimum Gasteiger partial charge on any atom is -0.504 e. The molecule has 1 N–H and O–H groups in total. The first-order valence-corrected chi connectivity index (χ1v) is 15.1. The maximum absolute atomic E-state index is 14.1. The van der Waals surface area contributed by atoms with Gasteiger partial charge in [0.05, 0.1) is 26.1 Å². The fourth-order valence-corrected chi connectivity index (χ4v) is 7.71. The van der Waals surface area contributed by atoms with E-state index in [2.05, 4.69) is 46.3 Å². The topological polar surface area (TPSA) is 67.9 Å². The Morgan fingerprint density at radius 2 is 2.18 bits per heavy atom. The quantitative estimate of drug-likeness (QED) is 0.121. The number of aryl methyl sites for hydroxylation is 1. The van der Waals surface area contributed by atoms with E-state index in [1.807, 2.05) is 0 Å². The first-order chi connectivity index (χ1) is 16.5. The molecule has 186 valence electrons. The van der Waals surface area contributed by atoms with Gasteiger partial charge in [0.15, 0.2) is 5.78 Å². The van der Waals surface area contributed by atoms with Crippen LogP contribution in [-0.2, 0) is 20.7 Å². The normalized spacial score (nSPS) is 29.0. The monoisotopic (exact) mass is 580 g/mol. The van der Waals surface area contributed by atoms with E-state index < -0.39 is 5.54 Å². The number of Topliss-reactive ketones (excluding diaryl/α,β-unsaturated/α-hetero) is 1. The summed E-state index contributed by atoms with van der Waals surface area (Å²) in [7, 11) is 2.98. The van der Waals surface area contributed by atoms with Crippen molar-refractivity contribution in [2.75, 3.05) is 37.1 Å². The van der Waals surface area contributed by atoms with E-state index in [1.54, 1.807) is 13.4 Å². The zero-order valence-corrected chi connectivity index (χ0v) is 22.9. The van der Waals surface area contributed by atoms with E-state index in [9.17, 15) is 9.59 Å². The third-order valence-electron chi connectivity index (χ3n) is 7.89. The lowest BCUT2D eigenvalue weighted by Gasteiger charge is -2.45. The number of piperidine rings is 1. The number of rotatable bonds is 8. The fraction of sp³-hybridized carbons (Fsp3) is 0.593. The number of nitrogens with one attached hydrogen (secondary N) is 1. The number of methoxy groups -OCH3 is 2. The fourth-order valence-electron chi connectivity index (χ4n) is 6.27. The second kappa shape index (κ2) is 10.9. The van der Waals surface area contributed by atoms with Crippen LogP contribution in [0.1, 0.15) is 55.5 Å². The molecule has 4 atom stereocenters.